The zero-order chi connectivity index (χ0) is 14.7. The maximum absolute atomic E-state index is 10.1. The third kappa shape index (κ3) is 3.76. The van der Waals surface area contributed by atoms with Crippen LogP contribution in [0.5, 0.6) is 5.75 Å². The molecule has 1 fully saturated rings. The first-order chi connectivity index (χ1) is 9.51. The van der Waals surface area contributed by atoms with Crippen LogP contribution in [0.4, 0.5) is 0 Å². The minimum Gasteiger partial charge on any atom is -0.508 e. The zero-order valence-corrected chi connectivity index (χ0v) is 14.3. The summed E-state index contributed by atoms with van der Waals surface area (Å²) in [4.78, 5) is 0. The van der Waals surface area contributed by atoms with Crippen molar-refractivity contribution in [3.63, 3.8) is 0 Å². The quantitative estimate of drug-likeness (QED) is 0.807. The Balaban J connectivity index is 2.07. The van der Waals surface area contributed by atoms with Crippen LogP contribution in [0.3, 0.4) is 0 Å². The maximum atomic E-state index is 10.1. The summed E-state index contributed by atoms with van der Waals surface area (Å²) in [5.41, 5.74) is 1.01. The van der Waals surface area contributed by atoms with Gasteiger partial charge in [0.1, 0.15) is 5.75 Å². The number of benzene rings is 1. The molecule has 0 bridgehead atoms. The van der Waals surface area contributed by atoms with Gasteiger partial charge in [0.15, 0.2) is 0 Å². The topological polar surface area (TPSA) is 32.3 Å². The lowest BCUT2D eigenvalue weighted by molar-refractivity contribution is 0.213. The molecule has 1 aromatic rings. The summed E-state index contributed by atoms with van der Waals surface area (Å²) >= 11 is 3.50. The van der Waals surface area contributed by atoms with Crippen molar-refractivity contribution < 1.29 is 5.11 Å². The van der Waals surface area contributed by atoms with E-state index in [1.165, 1.54) is 19.3 Å². The highest BCUT2D eigenvalue weighted by Crippen LogP contribution is 2.33. The van der Waals surface area contributed by atoms with Crippen LogP contribution in [0.1, 0.15) is 58.1 Å². The van der Waals surface area contributed by atoms with Gasteiger partial charge in [-0.05, 0) is 55.7 Å². The van der Waals surface area contributed by atoms with Crippen molar-refractivity contribution in [1.29, 1.82) is 0 Å². The second-order valence-electron chi connectivity index (χ2n) is 6.30. The van der Waals surface area contributed by atoms with Crippen LogP contribution in [0.25, 0.3) is 0 Å². The summed E-state index contributed by atoms with van der Waals surface area (Å²) < 4.78 is 1.02. The average Bonchev–Trinajstić information content (AvgIpc) is 2.43. The van der Waals surface area contributed by atoms with Crippen LogP contribution in [-0.2, 0) is 0 Å². The predicted molar refractivity (Wildman–Crippen MR) is 87.9 cm³/mol. The van der Waals surface area contributed by atoms with Crippen LogP contribution in [0.15, 0.2) is 22.7 Å². The van der Waals surface area contributed by atoms with Gasteiger partial charge in [0, 0.05) is 22.1 Å². The summed E-state index contributed by atoms with van der Waals surface area (Å²) in [5.74, 6) is 2.02. The molecule has 1 aliphatic carbocycles. The maximum Gasteiger partial charge on any atom is 0.120 e. The molecule has 3 heteroatoms. The van der Waals surface area contributed by atoms with Crippen LogP contribution < -0.4 is 5.32 Å². The van der Waals surface area contributed by atoms with E-state index in [2.05, 4.69) is 42.0 Å². The second kappa shape index (κ2) is 6.95. The van der Waals surface area contributed by atoms with Crippen LogP contribution >= 0.6 is 15.9 Å². The molecule has 0 heterocycles. The molecule has 1 aliphatic rings. The second-order valence-corrected chi connectivity index (χ2v) is 7.21. The lowest BCUT2D eigenvalue weighted by Gasteiger charge is -2.35. The monoisotopic (exact) mass is 339 g/mol. The lowest BCUT2D eigenvalue weighted by atomic mass is 9.79. The highest BCUT2D eigenvalue weighted by Gasteiger charge is 2.26. The normalized spacial score (nSPS) is 28.3. The minimum atomic E-state index is 0.234. The van der Waals surface area contributed by atoms with Gasteiger partial charge in [0.05, 0.1) is 0 Å². The standard InChI is InChI=1S/C17H26BrNO/c1-4-16(15-10-13(18)6-8-17(15)20)19-14-7-5-11(2)12(3)9-14/h6,8,10-12,14,16,19-20H,4-5,7,9H2,1-3H3. The van der Waals surface area contributed by atoms with Gasteiger partial charge in [-0.15, -0.1) is 0 Å². The predicted octanol–water partition coefficient (Wildman–Crippen LogP) is 5.02. The van der Waals surface area contributed by atoms with Crippen molar-refractivity contribution >= 4 is 15.9 Å². The van der Waals surface area contributed by atoms with E-state index in [1.807, 2.05) is 12.1 Å². The Bertz CT molecular complexity index is 449. The summed E-state index contributed by atoms with van der Waals surface area (Å²) in [5, 5.41) is 13.9. The molecule has 2 rings (SSSR count). The Morgan fingerprint density at radius 2 is 2.05 bits per heavy atom. The molecule has 1 aromatic carbocycles. The average molecular weight is 340 g/mol. The molecule has 112 valence electrons. The number of halogens is 1. The zero-order valence-electron chi connectivity index (χ0n) is 12.7. The van der Waals surface area contributed by atoms with Gasteiger partial charge in [0.2, 0.25) is 0 Å². The molecule has 4 unspecified atom stereocenters. The van der Waals surface area contributed by atoms with Crippen molar-refractivity contribution in [2.75, 3.05) is 0 Å². The van der Waals surface area contributed by atoms with Gasteiger partial charge in [-0.3, -0.25) is 0 Å². The fourth-order valence-electron chi connectivity index (χ4n) is 3.22. The number of hydrogen-bond acceptors (Lipinski definition) is 2. The molecule has 20 heavy (non-hydrogen) atoms. The SMILES string of the molecule is CCC(NC1CCC(C)C(C)C1)c1cc(Br)ccc1O. The molecule has 0 amide bonds. The van der Waals surface area contributed by atoms with Gasteiger partial charge in [-0.25, -0.2) is 0 Å². The first-order valence-corrected chi connectivity index (χ1v) is 8.55. The molecule has 2 nitrogen and oxygen atoms in total. The summed E-state index contributed by atoms with van der Waals surface area (Å²) in [6, 6.07) is 6.50. The fraction of sp³-hybridized carbons (Fsp3) is 0.647. The molecule has 0 spiro atoms. The fourth-order valence-corrected chi connectivity index (χ4v) is 3.59. The van der Waals surface area contributed by atoms with Crippen molar-refractivity contribution in [3.05, 3.63) is 28.2 Å². The molecule has 0 aliphatic heterocycles. The molecule has 4 atom stereocenters. The van der Waals surface area contributed by atoms with E-state index in [1.54, 1.807) is 6.07 Å². The Morgan fingerprint density at radius 1 is 1.30 bits per heavy atom. The largest absolute Gasteiger partial charge is 0.508 e. The summed E-state index contributed by atoms with van der Waals surface area (Å²) in [6.07, 6.45) is 4.79. The van der Waals surface area contributed by atoms with Crippen molar-refractivity contribution in [2.45, 2.75) is 58.5 Å². The number of nitrogens with one attached hydrogen (secondary N) is 1. The van der Waals surface area contributed by atoms with Crippen molar-refractivity contribution in [2.24, 2.45) is 11.8 Å². The van der Waals surface area contributed by atoms with E-state index in [-0.39, 0.29) is 6.04 Å². The minimum absolute atomic E-state index is 0.234. The number of rotatable bonds is 4. The van der Waals surface area contributed by atoms with E-state index >= 15 is 0 Å². The van der Waals surface area contributed by atoms with Crippen LogP contribution in [0.2, 0.25) is 0 Å². The number of aromatic hydroxyl groups is 1. The third-order valence-electron chi connectivity index (χ3n) is 4.81. The van der Waals surface area contributed by atoms with Crippen molar-refractivity contribution in [3.8, 4) is 5.75 Å². The summed E-state index contributed by atoms with van der Waals surface area (Å²) in [6.45, 7) is 6.89. The molecular weight excluding hydrogens is 314 g/mol. The van der Waals surface area contributed by atoms with Crippen LogP contribution in [-0.4, -0.2) is 11.1 Å². The Kier molecular flexibility index (Phi) is 5.50. The van der Waals surface area contributed by atoms with E-state index < -0.39 is 0 Å². The van der Waals surface area contributed by atoms with E-state index in [9.17, 15) is 5.11 Å². The third-order valence-corrected chi connectivity index (χ3v) is 5.30. The Morgan fingerprint density at radius 3 is 2.70 bits per heavy atom. The van der Waals surface area contributed by atoms with E-state index in [0.29, 0.717) is 11.8 Å². The Labute approximate surface area is 131 Å². The Hall–Kier alpha value is -0.540. The van der Waals surface area contributed by atoms with Crippen LogP contribution in [0, 0.1) is 11.8 Å². The highest BCUT2D eigenvalue weighted by atomic mass is 79.9. The van der Waals surface area contributed by atoms with E-state index in [4.69, 9.17) is 0 Å². The van der Waals surface area contributed by atoms with Gasteiger partial charge in [-0.1, -0.05) is 36.7 Å². The molecule has 0 saturated heterocycles. The molecular formula is C17H26BrNO. The van der Waals surface area contributed by atoms with E-state index in [0.717, 1.165) is 28.3 Å². The molecule has 1 saturated carbocycles. The highest BCUT2D eigenvalue weighted by molar-refractivity contribution is 9.10. The van der Waals surface area contributed by atoms with Crippen molar-refractivity contribution in [1.82, 2.24) is 5.32 Å². The van der Waals surface area contributed by atoms with Gasteiger partial charge in [0.25, 0.3) is 0 Å². The molecule has 0 aromatic heterocycles. The van der Waals surface area contributed by atoms with Gasteiger partial charge < -0.3 is 10.4 Å². The van der Waals surface area contributed by atoms with Gasteiger partial charge in [-0.2, -0.15) is 0 Å². The lowest BCUT2D eigenvalue weighted by Crippen LogP contribution is -2.38. The molecule has 2 N–H and O–H groups in total. The molecule has 0 radical (unpaired) electrons. The number of phenolic OH excluding ortho intramolecular Hbond substituents is 1. The first kappa shape index (κ1) is 15.8. The number of phenols is 1. The first-order valence-electron chi connectivity index (χ1n) is 7.75. The van der Waals surface area contributed by atoms with Gasteiger partial charge >= 0.3 is 0 Å². The number of hydrogen-bond donors (Lipinski definition) is 2. The smallest absolute Gasteiger partial charge is 0.120 e. The summed E-state index contributed by atoms with van der Waals surface area (Å²) in [7, 11) is 0.